The van der Waals surface area contributed by atoms with E-state index in [-0.39, 0.29) is 18.0 Å². The van der Waals surface area contributed by atoms with E-state index in [0.29, 0.717) is 5.76 Å². The smallest absolute Gasteiger partial charge is 0.337 e. The largest absolute Gasteiger partial charge is 0.478 e. The molecule has 0 saturated heterocycles. The molecule has 0 amide bonds. The second kappa shape index (κ2) is 7.54. The summed E-state index contributed by atoms with van der Waals surface area (Å²) in [5, 5.41) is 13.0. The molecule has 130 valence electrons. The number of carboxylic acids is 1. The van der Waals surface area contributed by atoms with Gasteiger partial charge in [-0.25, -0.2) is 17.9 Å². The molecule has 0 bridgehead atoms. The first-order valence-corrected chi connectivity index (χ1v) is 8.99. The summed E-state index contributed by atoms with van der Waals surface area (Å²) in [7, 11) is -4.04. The molecule has 0 unspecified atom stereocenters. The minimum atomic E-state index is -4.04. The Bertz CT molecular complexity index is 812. The minimum absolute atomic E-state index is 0.122. The number of sulfonamides is 1. The zero-order valence-corrected chi connectivity index (χ0v) is 14.2. The van der Waals surface area contributed by atoms with Gasteiger partial charge in [0, 0.05) is 24.4 Å². The fourth-order valence-electron chi connectivity index (χ4n) is 2.33. The van der Waals surface area contributed by atoms with E-state index in [1.165, 1.54) is 6.20 Å². The van der Waals surface area contributed by atoms with Crippen LogP contribution in [0, 0.1) is 0 Å². The number of hydrogen-bond acceptors (Lipinski definition) is 6. The lowest BCUT2D eigenvalue weighted by molar-refractivity contribution is 0.0692. The number of carbonyl (C=O) groups is 1. The zero-order valence-electron chi connectivity index (χ0n) is 13.4. The number of hydrogen-bond donors (Lipinski definition) is 2. The van der Waals surface area contributed by atoms with E-state index >= 15 is 0 Å². The third-order valence-electron chi connectivity index (χ3n) is 3.72. The molecule has 2 rings (SSSR count). The highest BCUT2D eigenvalue weighted by Gasteiger charge is 2.23. The van der Waals surface area contributed by atoms with Crippen molar-refractivity contribution in [2.24, 2.45) is 0 Å². The Labute approximate surface area is 139 Å². The molecule has 0 fully saturated rings. The molecule has 8 nitrogen and oxygen atoms in total. The van der Waals surface area contributed by atoms with Crippen molar-refractivity contribution in [2.45, 2.75) is 44.0 Å². The van der Waals surface area contributed by atoms with E-state index in [2.05, 4.69) is 14.9 Å². The molecular formula is C15H19N3O5S. The molecule has 2 N–H and O–H groups in total. The highest BCUT2D eigenvalue weighted by atomic mass is 32.2. The summed E-state index contributed by atoms with van der Waals surface area (Å²) in [5.41, 5.74) is 0.439. The second-order valence-corrected chi connectivity index (χ2v) is 6.97. The van der Waals surface area contributed by atoms with Crippen molar-refractivity contribution in [3.8, 4) is 0 Å². The molecule has 0 aromatic carbocycles. The average Bonchev–Trinajstić information content (AvgIpc) is 3.03. The van der Waals surface area contributed by atoms with E-state index in [4.69, 9.17) is 9.63 Å². The number of aromatic nitrogens is 2. The Morgan fingerprint density at radius 2 is 2.08 bits per heavy atom. The lowest BCUT2D eigenvalue weighted by Crippen LogP contribution is -2.25. The van der Waals surface area contributed by atoms with Crippen molar-refractivity contribution in [2.75, 3.05) is 0 Å². The Morgan fingerprint density at radius 1 is 1.38 bits per heavy atom. The van der Waals surface area contributed by atoms with Crippen LogP contribution in [0.15, 0.2) is 33.9 Å². The molecule has 0 aliphatic carbocycles. The van der Waals surface area contributed by atoms with Crippen LogP contribution in [0.5, 0.6) is 0 Å². The predicted octanol–water partition coefficient (Wildman–Crippen LogP) is 2.15. The van der Waals surface area contributed by atoms with Crippen LogP contribution in [-0.2, 0) is 16.6 Å². The highest BCUT2D eigenvalue weighted by Crippen LogP contribution is 2.22. The van der Waals surface area contributed by atoms with Gasteiger partial charge in [-0.1, -0.05) is 19.0 Å². The first kappa shape index (κ1) is 18.1. The second-order valence-electron chi connectivity index (χ2n) is 5.23. The molecule has 24 heavy (non-hydrogen) atoms. The van der Waals surface area contributed by atoms with Crippen LogP contribution in [0.25, 0.3) is 0 Å². The molecule has 2 heterocycles. The predicted molar refractivity (Wildman–Crippen MR) is 85.0 cm³/mol. The van der Waals surface area contributed by atoms with Crippen molar-refractivity contribution in [3.63, 3.8) is 0 Å². The van der Waals surface area contributed by atoms with Crippen molar-refractivity contribution >= 4 is 16.0 Å². The maximum atomic E-state index is 12.3. The molecule has 0 radical (unpaired) electrons. The Morgan fingerprint density at radius 3 is 2.71 bits per heavy atom. The highest BCUT2D eigenvalue weighted by molar-refractivity contribution is 7.89. The summed E-state index contributed by atoms with van der Waals surface area (Å²) in [6, 6.07) is 2.85. The Balaban J connectivity index is 2.16. The van der Waals surface area contributed by atoms with E-state index in [1.807, 2.05) is 13.8 Å². The lowest BCUT2D eigenvalue weighted by atomic mass is 9.99. The van der Waals surface area contributed by atoms with Crippen LogP contribution >= 0.6 is 0 Å². The fraction of sp³-hybridized carbons (Fsp3) is 0.400. The number of pyridine rings is 1. The van der Waals surface area contributed by atoms with Crippen LogP contribution in [-0.4, -0.2) is 29.6 Å². The summed E-state index contributed by atoms with van der Waals surface area (Å²) >= 11 is 0. The SMILES string of the molecule is CCC(CC)c1cc(CNS(=O)(=O)c2cnccc2C(=O)O)on1. The summed E-state index contributed by atoms with van der Waals surface area (Å²) in [5.74, 6) is -0.717. The topological polar surface area (TPSA) is 122 Å². The number of nitrogens with zero attached hydrogens (tertiary/aromatic N) is 2. The number of carboxylic acid groups (broad SMARTS) is 1. The fourth-order valence-corrected chi connectivity index (χ4v) is 3.46. The Hall–Kier alpha value is -2.26. The van der Waals surface area contributed by atoms with Crippen LogP contribution in [0.3, 0.4) is 0 Å². The number of rotatable bonds is 8. The van der Waals surface area contributed by atoms with Gasteiger partial charge in [0.25, 0.3) is 0 Å². The van der Waals surface area contributed by atoms with E-state index < -0.39 is 20.9 Å². The van der Waals surface area contributed by atoms with E-state index in [1.54, 1.807) is 6.07 Å². The molecule has 2 aromatic rings. The quantitative estimate of drug-likeness (QED) is 0.745. The van der Waals surface area contributed by atoms with Gasteiger partial charge >= 0.3 is 5.97 Å². The monoisotopic (exact) mass is 353 g/mol. The third-order valence-corrected chi connectivity index (χ3v) is 5.15. The summed E-state index contributed by atoms with van der Waals surface area (Å²) < 4.78 is 32.1. The first-order chi connectivity index (χ1) is 11.4. The van der Waals surface area contributed by atoms with Gasteiger partial charge in [-0.3, -0.25) is 4.98 Å². The van der Waals surface area contributed by atoms with Gasteiger partial charge in [0.15, 0.2) is 5.76 Å². The standard InChI is InChI=1S/C15H19N3O5S/c1-3-10(4-2)13-7-11(23-18-13)8-17-24(21,22)14-9-16-6-5-12(14)15(19)20/h5-7,9-10,17H,3-4,8H2,1-2H3,(H,19,20). The third kappa shape index (κ3) is 3.98. The summed E-state index contributed by atoms with van der Waals surface area (Å²) in [6.45, 7) is 3.96. The summed E-state index contributed by atoms with van der Waals surface area (Å²) in [6.07, 6.45) is 4.04. The Kier molecular flexibility index (Phi) is 5.68. The lowest BCUT2D eigenvalue weighted by Gasteiger charge is -2.07. The normalized spacial score (nSPS) is 11.8. The maximum Gasteiger partial charge on any atom is 0.337 e. The van der Waals surface area contributed by atoms with Crippen LogP contribution in [0.2, 0.25) is 0 Å². The van der Waals surface area contributed by atoms with Gasteiger partial charge in [-0.05, 0) is 18.9 Å². The first-order valence-electron chi connectivity index (χ1n) is 7.51. The zero-order chi connectivity index (χ0) is 17.7. The molecule has 0 aliphatic heterocycles. The summed E-state index contributed by atoms with van der Waals surface area (Å²) in [4.78, 5) is 14.4. The molecule has 0 spiro atoms. The molecule has 0 saturated carbocycles. The molecular weight excluding hydrogens is 334 g/mol. The molecule has 0 atom stereocenters. The molecule has 2 aromatic heterocycles. The van der Waals surface area contributed by atoms with Gasteiger partial charge in [0.1, 0.15) is 4.90 Å². The van der Waals surface area contributed by atoms with E-state index in [9.17, 15) is 13.2 Å². The number of aromatic carboxylic acids is 1. The van der Waals surface area contributed by atoms with Crippen molar-refractivity contribution in [1.82, 2.24) is 14.9 Å². The van der Waals surface area contributed by atoms with E-state index in [0.717, 1.165) is 30.8 Å². The van der Waals surface area contributed by atoms with Crippen LogP contribution < -0.4 is 4.72 Å². The molecule has 9 heteroatoms. The van der Waals surface area contributed by atoms with Gasteiger partial charge in [0.2, 0.25) is 10.0 Å². The van der Waals surface area contributed by atoms with Gasteiger partial charge in [-0.15, -0.1) is 0 Å². The van der Waals surface area contributed by atoms with Gasteiger partial charge in [0.05, 0.1) is 17.8 Å². The van der Waals surface area contributed by atoms with Crippen molar-refractivity contribution < 1.29 is 22.8 Å². The van der Waals surface area contributed by atoms with Crippen LogP contribution in [0.4, 0.5) is 0 Å². The molecule has 0 aliphatic rings. The average molecular weight is 353 g/mol. The van der Waals surface area contributed by atoms with Gasteiger partial charge < -0.3 is 9.63 Å². The van der Waals surface area contributed by atoms with Crippen molar-refractivity contribution in [3.05, 3.63) is 41.5 Å². The minimum Gasteiger partial charge on any atom is -0.478 e. The number of nitrogens with one attached hydrogen (secondary N) is 1. The van der Waals surface area contributed by atoms with Crippen molar-refractivity contribution in [1.29, 1.82) is 0 Å². The van der Waals surface area contributed by atoms with Crippen LogP contribution in [0.1, 0.15) is 54.4 Å². The maximum absolute atomic E-state index is 12.3. The van der Waals surface area contributed by atoms with Gasteiger partial charge in [-0.2, -0.15) is 0 Å².